The molecule has 7 heteroatoms. The Hall–Kier alpha value is -3.21. The van der Waals surface area contributed by atoms with Crippen molar-refractivity contribution in [1.82, 2.24) is 20.0 Å². The van der Waals surface area contributed by atoms with E-state index >= 15 is 0 Å². The number of hydrogen-bond donors (Lipinski definition) is 1. The maximum atomic E-state index is 12.5. The standard InChI is InChI=1S/C26H31N5O2/c1-19-23(26(32)28-11-14-33-2)7-8-25-24(19)18-31(29-25)17-22-9-12-30(13-10-22)16-21-5-3-20(15-27)4-6-21/h3-8,18,22H,9-14,16-17H2,1-2H3,(H,28,32). The third-order valence-electron chi connectivity index (χ3n) is 6.48. The Labute approximate surface area is 194 Å². The number of benzene rings is 2. The highest BCUT2D eigenvalue weighted by Gasteiger charge is 2.21. The van der Waals surface area contributed by atoms with Gasteiger partial charge in [0.15, 0.2) is 0 Å². The molecule has 1 fully saturated rings. The molecule has 2 aromatic carbocycles. The van der Waals surface area contributed by atoms with Gasteiger partial charge < -0.3 is 10.1 Å². The third-order valence-corrected chi connectivity index (χ3v) is 6.48. The zero-order valence-electron chi connectivity index (χ0n) is 19.4. The molecule has 1 saturated heterocycles. The SMILES string of the molecule is COCCNC(=O)c1ccc2nn(CC3CCN(Cc4ccc(C#N)cc4)CC3)cc2c1C. The number of nitriles is 1. The van der Waals surface area contributed by atoms with Gasteiger partial charge in [0.05, 0.1) is 23.8 Å². The summed E-state index contributed by atoms with van der Waals surface area (Å²) in [5.74, 6) is 0.516. The molecule has 4 rings (SSSR count). The molecule has 1 amide bonds. The second kappa shape index (κ2) is 10.6. The molecule has 172 valence electrons. The summed E-state index contributed by atoms with van der Waals surface area (Å²) < 4.78 is 7.05. The molecule has 1 aliphatic rings. The van der Waals surface area contributed by atoms with Gasteiger partial charge in [-0.2, -0.15) is 10.4 Å². The summed E-state index contributed by atoms with van der Waals surface area (Å²) in [4.78, 5) is 15.0. The van der Waals surface area contributed by atoms with Crippen molar-refractivity contribution in [3.8, 4) is 6.07 Å². The number of piperidine rings is 1. The number of carbonyl (C=O) groups is 1. The van der Waals surface area contributed by atoms with E-state index in [2.05, 4.69) is 22.5 Å². The second-order valence-corrected chi connectivity index (χ2v) is 8.80. The average molecular weight is 446 g/mol. The van der Waals surface area contributed by atoms with Crippen LogP contribution in [0.2, 0.25) is 0 Å². The smallest absolute Gasteiger partial charge is 0.251 e. The molecule has 0 atom stereocenters. The Morgan fingerprint density at radius 3 is 2.67 bits per heavy atom. The van der Waals surface area contributed by atoms with Crippen molar-refractivity contribution in [3.63, 3.8) is 0 Å². The van der Waals surface area contributed by atoms with Gasteiger partial charge in [-0.15, -0.1) is 0 Å². The van der Waals surface area contributed by atoms with Crippen LogP contribution >= 0.6 is 0 Å². The molecule has 1 aromatic heterocycles. The fourth-order valence-corrected chi connectivity index (χ4v) is 4.52. The lowest BCUT2D eigenvalue weighted by molar-refractivity contribution is 0.0936. The van der Waals surface area contributed by atoms with Crippen molar-refractivity contribution in [3.05, 3.63) is 64.8 Å². The number of aryl methyl sites for hydroxylation is 1. The molecule has 33 heavy (non-hydrogen) atoms. The molecular weight excluding hydrogens is 414 g/mol. The molecular formula is C26H31N5O2. The number of rotatable bonds is 8. The van der Waals surface area contributed by atoms with E-state index in [4.69, 9.17) is 15.1 Å². The van der Waals surface area contributed by atoms with Gasteiger partial charge in [-0.3, -0.25) is 14.4 Å². The number of methoxy groups -OCH3 is 1. The number of nitrogens with one attached hydrogen (secondary N) is 1. The second-order valence-electron chi connectivity index (χ2n) is 8.80. The number of aromatic nitrogens is 2. The van der Waals surface area contributed by atoms with Gasteiger partial charge in [0.2, 0.25) is 0 Å². The zero-order chi connectivity index (χ0) is 23.2. The topological polar surface area (TPSA) is 83.2 Å². The molecule has 0 spiro atoms. The van der Waals surface area contributed by atoms with Gasteiger partial charge in [-0.05, 0) is 74.2 Å². The van der Waals surface area contributed by atoms with Crippen LogP contribution < -0.4 is 5.32 Å². The molecule has 3 aromatic rings. The Morgan fingerprint density at radius 1 is 1.21 bits per heavy atom. The van der Waals surface area contributed by atoms with Crippen LogP contribution in [0.1, 0.15) is 39.9 Å². The Bertz CT molecular complexity index is 1140. The number of amides is 1. The van der Waals surface area contributed by atoms with E-state index in [1.54, 1.807) is 7.11 Å². The monoisotopic (exact) mass is 445 g/mol. The van der Waals surface area contributed by atoms with Gasteiger partial charge in [0.25, 0.3) is 5.91 Å². The van der Waals surface area contributed by atoms with E-state index in [1.165, 1.54) is 5.56 Å². The van der Waals surface area contributed by atoms with Crippen LogP contribution in [-0.4, -0.2) is 53.9 Å². The van der Waals surface area contributed by atoms with Crippen molar-refractivity contribution >= 4 is 16.8 Å². The number of likely N-dealkylation sites (tertiary alicyclic amines) is 1. The number of fused-ring (bicyclic) bond motifs is 1. The van der Waals surface area contributed by atoms with Gasteiger partial charge in [-0.25, -0.2) is 0 Å². The van der Waals surface area contributed by atoms with E-state index in [0.717, 1.165) is 55.5 Å². The number of ether oxygens (including phenoxy) is 1. The molecule has 0 unspecified atom stereocenters. The first kappa shape index (κ1) is 23.0. The van der Waals surface area contributed by atoms with Gasteiger partial charge in [-0.1, -0.05) is 12.1 Å². The molecule has 1 aliphatic heterocycles. The van der Waals surface area contributed by atoms with E-state index in [1.807, 2.05) is 48.0 Å². The lowest BCUT2D eigenvalue weighted by atomic mass is 9.96. The van der Waals surface area contributed by atoms with Crippen molar-refractivity contribution in [2.24, 2.45) is 5.92 Å². The van der Waals surface area contributed by atoms with Crippen LogP contribution in [0.15, 0.2) is 42.6 Å². The van der Waals surface area contributed by atoms with Crippen LogP contribution in [0.25, 0.3) is 10.9 Å². The van der Waals surface area contributed by atoms with E-state index in [9.17, 15) is 4.79 Å². The molecule has 7 nitrogen and oxygen atoms in total. The fraction of sp³-hybridized carbons (Fsp3) is 0.423. The van der Waals surface area contributed by atoms with Crippen molar-refractivity contribution in [2.75, 3.05) is 33.4 Å². The molecule has 0 bridgehead atoms. The van der Waals surface area contributed by atoms with Gasteiger partial charge in [0, 0.05) is 43.9 Å². The highest BCUT2D eigenvalue weighted by molar-refractivity contribution is 6.00. The molecule has 0 aliphatic carbocycles. The summed E-state index contributed by atoms with van der Waals surface area (Å²) in [7, 11) is 1.62. The van der Waals surface area contributed by atoms with Gasteiger partial charge in [0.1, 0.15) is 0 Å². The lowest BCUT2D eigenvalue weighted by Crippen LogP contribution is -2.34. The highest BCUT2D eigenvalue weighted by Crippen LogP contribution is 2.24. The van der Waals surface area contributed by atoms with Crippen molar-refractivity contribution in [2.45, 2.75) is 32.9 Å². The Kier molecular flexibility index (Phi) is 7.38. The third kappa shape index (κ3) is 5.59. The predicted octanol–water partition coefficient (Wildman–Crippen LogP) is 3.50. The minimum atomic E-state index is -0.0752. The first-order valence-electron chi connectivity index (χ1n) is 11.5. The largest absolute Gasteiger partial charge is 0.383 e. The number of carbonyl (C=O) groups excluding carboxylic acids is 1. The first-order valence-corrected chi connectivity index (χ1v) is 11.5. The van der Waals surface area contributed by atoms with Crippen molar-refractivity contribution < 1.29 is 9.53 Å². The molecule has 1 N–H and O–H groups in total. The fourth-order valence-electron chi connectivity index (χ4n) is 4.52. The maximum Gasteiger partial charge on any atom is 0.251 e. The van der Waals surface area contributed by atoms with Crippen LogP contribution in [0.3, 0.4) is 0 Å². The zero-order valence-corrected chi connectivity index (χ0v) is 19.4. The summed E-state index contributed by atoms with van der Waals surface area (Å²) in [6, 6.07) is 13.8. The lowest BCUT2D eigenvalue weighted by Gasteiger charge is -2.31. The summed E-state index contributed by atoms with van der Waals surface area (Å²) in [5, 5.41) is 17.7. The maximum absolute atomic E-state index is 12.5. The first-order chi connectivity index (χ1) is 16.1. The van der Waals surface area contributed by atoms with E-state index < -0.39 is 0 Å². The van der Waals surface area contributed by atoms with Crippen LogP contribution in [0, 0.1) is 24.2 Å². The van der Waals surface area contributed by atoms with Crippen LogP contribution in [-0.2, 0) is 17.8 Å². The predicted molar refractivity (Wildman–Crippen MR) is 128 cm³/mol. The minimum absolute atomic E-state index is 0.0752. The minimum Gasteiger partial charge on any atom is -0.383 e. The normalized spacial score (nSPS) is 14.9. The number of hydrogen-bond acceptors (Lipinski definition) is 5. The summed E-state index contributed by atoms with van der Waals surface area (Å²) in [6.45, 7) is 6.94. The summed E-state index contributed by atoms with van der Waals surface area (Å²) in [5.41, 5.74) is 4.54. The molecule has 0 saturated carbocycles. The number of nitrogens with zero attached hydrogens (tertiary/aromatic N) is 4. The molecule has 0 radical (unpaired) electrons. The van der Waals surface area contributed by atoms with E-state index in [-0.39, 0.29) is 5.91 Å². The summed E-state index contributed by atoms with van der Waals surface area (Å²) >= 11 is 0. The van der Waals surface area contributed by atoms with Gasteiger partial charge >= 0.3 is 0 Å². The Balaban J connectivity index is 1.34. The highest BCUT2D eigenvalue weighted by atomic mass is 16.5. The average Bonchev–Trinajstić information content (AvgIpc) is 3.24. The molecule has 2 heterocycles. The summed E-state index contributed by atoms with van der Waals surface area (Å²) in [6.07, 6.45) is 4.36. The Morgan fingerprint density at radius 2 is 1.97 bits per heavy atom. The van der Waals surface area contributed by atoms with Crippen molar-refractivity contribution in [1.29, 1.82) is 5.26 Å². The van der Waals surface area contributed by atoms with Crippen LogP contribution in [0.4, 0.5) is 0 Å². The quantitative estimate of drug-likeness (QED) is 0.537. The van der Waals surface area contributed by atoms with E-state index in [0.29, 0.717) is 30.2 Å². The van der Waals surface area contributed by atoms with Crippen LogP contribution in [0.5, 0.6) is 0 Å².